The predicted octanol–water partition coefficient (Wildman–Crippen LogP) is 2.41. The number of allylic oxidation sites excluding steroid dienone is 2. The van der Waals surface area contributed by atoms with Gasteiger partial charge in [-0.05, 0) is 20.3 Å². The molecule has 0 heterocycles. The molecule has 0 rings (SSSR count). The van der Waals surface area contributed by atoms with Crippen molar-refractivity contribution in [3.63, 3.8) is 0 Å². The summed E-state index contributed by atoms with van der Waals surface area (Å²) in [6, 6.07) is 0.102. The second kappa shape index (κ2) is 4.91. The van der Waals surface area contributed by atoms with Gasteiger partial charge in [0.05, 0.1) is 0 Å². The van der Waals surface area contributed by atoms with E-state index in [0.29, 0.717) is 0 Å². The molecule has 0 aliphatic rings. The molecule has 1 heteroatoms. The van der Waals surface area contributed by atoms with Crippen LogP contribution in [0.1, 0.15) is 20.3 Å². The molecule has 0 aliphatic heterocycles. The zero-order valence-electron chi connectivity index (χ0n) is 7.43. The Balaban J connectivity index is 3.96. The first-order valence-corrected chi connectivity index (χ1v) is 3.80. The Morgan fingerprint density at radius 3 is 2.55 bits per heavy atom. The molecule has 0 bridgehead atoms. The Kier molecular flexibility index (Phi) is 4.55. The molecule has 0 saturated heterocycles. The van der Waals surface area contributed by atoms with Crippen LogP contribution in [0.4, 0.5) is 0 Å². The fraction of sp³-hybridized carbons (Fsp3) is 0.400. The van der Waals surface area contributed by atoms with Crippen molar-refractivity contribution in [1.82, 2.24) is 0 Å². The summed E-state index contributed by atoms with van der Waals surface area (Å²) in [5.41, 5.74) is 8.03. The van der Waals surface area contributed by atoms with Crippen molar-refractivity contribution in [2.45, 2.75) is 26.3 Å². The molecule has 0 aliphatic carbocycles. The molecule has 0 aromatic carbocycles. The van der Waals surface area contributed by atoms with Crippen LogP contribution in [0.25, 0.3) is 0 Å². The molecular weight excluding hydrogens is 134 g/mol. The largest absolute Gasteiger partial charge is 0.324 e. The highest BCUT2D eigenvalue weighted by atomic mass is 14.6. The van der Waals surface area contributed by atoms with E-state index in [9.17, 15) is 0 Å². The maximum atomic E-state index is 5.83. The molecule has 0 aromatic rings. The van der Waals surface area contributed by atoms with Crippen molar-refractivity contribution >= 4 is 0 Å². The van der Waals surface area contributed by atoms with E-state index in [2.05, 4.69) is 13.2 Å². The van der Waals surface area contributed by atoms with Crippen molar-refractivity contribution in [3.8, 4) is 0 Å². The van der Waals surface area contributed by atoms with Gasteiger partial charge in [-0.2, -0.15) is 0 Å². The smallest absolute Gasteiger partial charge is 0.0291 e. The fourth-order valence-electron chi connectivity index (χ4n) is 0.741. The zero-order chi connectivity index (χ0) is 8.85. The molecule has 11 heavy (non-hydrogen) atoms. The lowest BCUT2D eigenvalue weighted by atomic mass is 10.0. The number of rotatable bonds is 4. The predicted molar refractivity (Wildman–Crippen MR) is 51.4 cm³/mol. The molecule has 2 N–H and O–H groups in total. The normalized spacial score (nSPS) is 14.3. The third kappa shape index (κ3) is 3.79. The van der Waals surface area contributed by atoms with Crippen molar-refractivity contribution < 1.29 is 0 Å². The standard InChI is InChI=1S/C10H17N/c1-5-8(3)7-10(11)9(4)6-2/h5-6,10H,1,3,7,11H2,2,4H3. The molecule has 0 radical (unpaired) electrons. The Morgan fingerprint density at radius 2 is 2.18 bits per heavy atom. The first-order chi connectivity index (χ1) is 5.11. The summed E-state index contributed by atoms with van der Waals surface area (Å²) < 4.78 is 0. The molecule has 0 amide bonds. The summed E-state index contributed by atoms with van der Waals surface area (Å²) in [5, 5.41) is 0. The van der Waals surface area contributed by atoms with Crippen LogP contribution < -0.4 is 5.73 Å². The third-order valence-corrected chi connectivity index (χ3v) is 1.81. The minimum Gasteiger partial charge on any atom is -0.324 e. The molecule has 0 spiro atoms. The molecule has 0 fully saturated rings. The number of hydrogen-bond donors (Lipinski definition) is 1. The monoisotopic (exact) mass is 151 g/mol. The van der Waals surface area contributed by atoms with E-state index < -0.39 is 0 Å². The second-order valence-electron chi connectivity index (χ2n) is 2.71. The first-order valence-electron chi connectivity index (χ1n) is 3.80. The lowest BCUT2D eigenvalue weighted by Crippen LogP contribution is -2.21. The second-order valence-corrected chi connectivity index (χ2v) is 2.71. The maximum absolute atomic E-state index is 5.83. The van der Waals surface area contributed by atoms with Gasteiger partial charge in [0.15, 0.2) is 0 Å². The maximum Gasteiger partial charge on any atom is 0.0291 e. The van der Waals surface area contributed by atoms with E-state index in [1.807, 2.05) is 19.9 Å². The summed E-state index contributed by atoms with van der Waals surface area (Å²) >= 11 is 0. The average molecular weight is 151 g/mol. The van der Waals surface area contributed by atoms with Crippen LogP contribution in [0.5, 0.6) is 0 Å². The first kappa shape index (κ1) is 10.2. The quantitative estimate of drug-likeness (QED) is 0.484. The van der Waals surface area contributed by atoms with Crippen LogP contribution in [0.3, 0.4) is 0 Å². The van der Waals surface area contributed by atoms with E-state index in [0.717, 1.165) is 12.0 Å². The molecule has 0 aromatic heterocycles. The van der Waals surface area contributed by atoms with Gasteiger partial charge in [-0.1, -0.05) is 36.5 Å². The molecule has 1 atom stereocenters. The van der Waals surface area contributed by atoms with Gasteiger partial charge in [0.2, 0.25) is 0 Å². The average Bonchev–Trinajstić information content (AvgIpc) is 2.02. The van der Waals surface area contributed by atoms with Crippen molar-refractivity contribution in [1.29, 1.82) is 0 Å². The highest BCUT2D eigenvalue weighted by Crippen LogP contribution is 2.08. The van der Waals surface area contributed by atoms with Crippen LogP contribution in [0.2, 0.25) is 0 Å². The zero-order valence-corrected chi connectivity index (χ0v) is 7.43. The van der Waals surface area contributed by atoms with Crippen LogP contribution >= 0.6 is 0 Å². The van der Waals surface area contributed by atoms with E-state index >= 15 is 0 Å². The molecule has 1 nitrogen and oxygen atoms in total. The third-order valence-electron chi connectivity index (χ3n) is 1.81. The molecule has 1 unspecified atom stereocenters. The number of hydrogen-bond acceptors (Lipinski definition) is 1. The topological polar surface area (TPSA) is 26.0 Å². The van der Waals surface area contributed by atoms with Crippen LogP contribution in [0, 0.1) is 0 Å². The van der Waals surface area contributed by atoms with E-state index in [-0.39, 0.29) is 6.04 Å². The lowest BCUT2D eigenvalue weighted by Gasteiger charge is -2.11. The molecule has 0 saturated carbocycles. The highest BCUT2D eigenvalue weighted by molar-refractivity contribution is 5.17. The lowest BCUT2D eigenvalue weighted by molar-refractivity contribution is 0.766. The highest BCUT2D eigenvalue weighted by Gasteiger charge is 2.03. The molecular formula is C10H17N. The Labute approximate surface area is 69.3 Å². The van der Waals surface area contributed by atoms with Crippen molar-refractivity contribution in [2.24, 2.45) is 5.73 Å². The van der Waals surface area contributed by atoms with Gasteiger partial charge in [-0.3, -0.25) is 0 Å². The van der Waals surface area contributed by atoms with Gasteiger partial charge < -0.3 is 5.73 Å². The Bertz CT molecular complexity index is 177. The summed E-state index contributed by atoms with van der Waals surface area (Å²) in [6.45, 7) is 11.4. The van der Waals surface area contributed by atoms with Gasteiger partial charge in [-0.25, -0.2) is 0 Å². The molecule has 62 valence electrons. The summed E-state index contributed by atoms with van der Waals surface area (Å²) in [4.78, 5) is 0. The minimum atomic E-state index is 0.102. The fourth-order valence-corrected chi connectivity index (χ4v) is 0.741. The van der Waals surface area contributed by atoms with E-state index in [1.165, 1.54) is 5.57 Å². The summed E-state index contributed by atoms with van der Waals surface area (Å²) in [7, 11) is 0. The van der Waals surface area contributed by atoms with Crippen LogP contribution in [-0.2, 0) is 0 Å². The van der Waals surface area contributed by atoms with E-state index in [1.54, 1.807) is 6.08 Å². The van der Waals surface area contributed by atoms with Gasteiger partial charge in [0, 0.05) is 6.04 Å². The van der Waals surface area contributed by atoms with Crippen LogP contribution in [-0.4, -0.2) is 6.04 Å². The van der Waals surface area contributed by atoms with Crippen LogP contribution in [0.15, 0.2) is 36.5 Å². The Hall–Kier alpha value is -0.820. The Morgan fingerprint density at radius 1 is 1.64 bits per heavy atom. The van der Waals surface area contributed by atoms with Gasteiger partial charge in [0.1, 0.15) is 0 Å². The van der Waals surface area contributed by atoms with Crippen molar-refractivity contribution in [2.75, 3.05) is 0 Å². The summed E-state index contributed by atoms with van der Waals surface area (Å²) in [5.74, 6) is 0. The van der Waals surface area contributed by atoms with Crippen molar-refractivity contribution in [3.05, 3.63) is 36.5 Å². The van der Waals surface area contributed by atoms with Gasteiger partial charge in [0.25, 0.3) is 0 Å². The SMILES string of the molecule is C=CC(=C)CC(N)C(C)=CC. The van der Waals surface area contributed by atoms with Gasteiger partial charge in [-0.15, -0.1) is 0 Å². The summed E-state index contributed by atoms with van der Waals surface area (Å²) in [6.07, 6.45) is 4.59. The van der Waals surface area contributed by atoms with E-state index in [4.69, 9.17) is 5.73 Å². The number of nitrogens with two attached hydrogens (primary N) is 1. The van der Waals surface area contributed by atoms with Gasteiger partial charge >= 0.3 is 0 Å². The minimum absolute atomic E-state index is 0.102.